The van der Waals surface area contributed by atoms with E-state index in [1.54, 1.807) is 0 Å². The first kappa shape index (κ1) is 22.5. The first-order chi connectivity index (χ1) is 13.6. The van der Waals surface area contributed by atoms with Gasteiger partial charge in [-0.05, 0) is 45.7 Å². The molecule has 3 aliphatic heterocycles. The fourth-order valence-electron chi connectivity index (χ4n) is 4.57. The van der Waals surface area contributed by atoms with E-state index >= 15 is 0 Å². The van der Waals surface area contributed by atoms with Gasteiger partial charge < -0.3 is 24.4 Å². The van der Waals surface area contributed by atoms with Gasteiger partial charge in [-0.1, -0.05) is 0 Å². The molecule has 2 atom stereocenters. The summed E-state index contributed by atoms with van der Waals surface area (Å²) in [6, 6.07) is 4.26. The molecule has 0 saturated carbocycles. The van der Waals surface area contributed by atoms with Gasteiger partial charge in [0.25, 0.3) is 0 Å². The molecule has 0 aromatic heterocycles. The lowest BCUT2D eigenvalue weighted by atomic mass is 9.87. The SMILES string of the molecule is CCNC(=NCc1cc2c(cc1OCC)CC(C)O2)N1CCC2(CCOC2)C1.I. The van der Waals surface area contributed by atoms with E-state index in [1.165, 1.54) is 12.0 Å². The summed E-state index contributed by atoms with van der Waals surface area (Å²) in [4.78, 5) is 7.36. The zero-order chi connectivity index (χ0) is 19.6. The van der Waals surface area contributed by atoms with Gasteiger partial charge in [0.15, 0.2) is 5.96 Å². The second-order valence-corrected chi connectivity index (χ2v) is 8.28. The third-order valence-electron chi connectivity index (χ3n) is 6.04. The topological polar surface area (TPSA) is 55.3 Å². The second-order valence-electron chi connectivity index (χ2n) is 8.28. The Morgan fingerprint density at radius 1 is 1.34 bits per heavy atom. The largest absolute Gasteiger partial charge is 0.494 e. The first-order valence-corrected chi connectivity index (χ1v) is 10.7. The van der Waals surface area contributed by atoms with Gasteiger partial charge in [0.05, 0.1) is 19.8 Å². The van der Waals surface area contributed by atoms with Crippen molar-refractivity contribution >= 4 is 29.9 Å². The van der Waals surface area contributed by atoms with E-state index < -0.39 is 0 Å². The molecule has 3 aliphatic rings. The summed E-state index contributed by atoms with van der Waals surface area (Å²) in [7, 11) is 0. The van der Waals surface area contributed by atoms with Crippen molar-refractivity contribution in [3.8, 4) is 11.5 Å². The Kier molecular flexibility index (Phi) is 7.53. The number of guanidine groups is 1. The predicted octanol–water partition coefficient (Wildman–Crippen LogP) is 3.60. The van der Waals surface area contributed by atoms with Gasteiger partial charge in [-0.3, -0.25) is 0 Å². The maximum Gasteiger partial charge on any atom is 0.194 e. The van der Waals surface area contributed by atoms with Gasteiger partial charge in [0.2, 0.25) is 0 Å². The molecule has 0 amide bonds. The van der Waals surface area contributed by atoms with Crippen LogP contribution in [0.2, 0.25) is 0 Å². The van der Waals surface area contributed by atoms with E-state index in [0.29, 0.717) is 18.6 Å². The Bertz CT molecular complexity index is 734. The van der Waals surface area contributed by atoms with E-state index in [0.717, 1.165) is 68.7 Å². The van der Waals surface area contributed by atoms with Gasteiger partial charge in [-0.15, -0.1) is 24.0 Å². The highest BCUT2D eigenvalue weighted by Crippen LogP contribution is 2.38. The minimum Gasteiger partial charge on any atom is -0.494 e. The highest BCUT2D eigenvalue weighted by molar-refractivity contribution is 14.0. The van der Waals surface area contributed by atoms with Crippen LogP contribution in [0.15, 0.2) is 17.1 Å². The van der Waals surface area contributed by atoms with Crippen LogP contribution in [-0.2, 0) is 17.7 Å². The summed E-state index contributed by atoms with van der Waals surface area (Å²) in [5, 5.41) is 3.48. The molecule has 2 unspecified atom stereocenters. The van der Waals surface area contributed by atoms with Crippen LogP contribution < -0.4 is 14.8 Å². The quantitative estimate of drug-likeness (QED) is 0.369. The average Bonchev–Trinajstić information content (AvgIpc) is 3.39. The molecule has 6 nitrogen and oxygen atoms in total. The lowest BCUT2D eigenvalue weighted by Crippen LogP contribution is -2.41. The summed E-state index contributed by atoms with van der Waals surface area (Å²) < 4.78 is 17.5. The molecule has 2 saturated heterocycles. The first-order valence-electron chi connectivity index (χ1n) is 10.7. The van der Waals surface area contributed by atoms with Crippen molar-refractivity contribution in [2.75, 3.05) is 39.5 Å². The summed E-state index contributed by atoms with van der Waals surface area (Å²) in [5.74, 6) is 2.90. The smallest absolute Gasteiger partial charge is 0.194 e. The van der Waals surface area contributed by atoms with E-state index in [-0.39, 0.29) is 30.1 Å². The van der Waals surface area contributed by atoms with Crippen molar-refractivity contribution in [1.82, 2.24) is 10.2 Å². The molecule has 162 valence electrons. The molecule has 1 spiro atoms. The van der Waals surface area contributed by atoms with Crippen LogP contribution in [0.3, 0.4) is 0 Å². The molecule has 29 heavy (non-hydrogen) atoms. The van der Waals surface area contributed by atoms with Crippen LogP contribution in [0, 0.1) is 5.41 Å². The number of benzene rings is 1. The normalized spacial score (nSPS) is 25.7. The van der Waals surface area contributed by atoms with E-state index in [2.05, 4.69) is 36.2 Å². The summed E-state index contributed by atoms with van der Waals surface area (Å²) in [5.41, 5.74) is 2.64. The van der Waals surface area contributed by atoms with Crippen molar-refractivity contribution in [2.24, 2.45) is 10.4 Å². The Labute approximate surface area is 191 Å². The highest BCUT2D eigenvalue weighted by Gasteiger charge is 2.42. The zero-order valence-electron chi connectivity index (χ0n) is 17.8. The highest BCUT2D eigenvalue weighted by atomic mass is 127. The maximum absolute atomic E-state index is 5.95. The van der Waals surface area contributed by atoms with Gasteiger partial charge >= 0.3 is 0 Å². The van der Waals surface area contributed by atoms with E-state index in [4.69, 9.17) is 19.2 Å². The Morgan fingerprint density at radius 3 is 2.93 bits per heavy atom. The number of ether oxygens (including phenoxy) is 3. The standard InChI is InChI=1S/C22H33N3O3.HI/c1-4-23-21(25-8-6-22(14-25)7-9-26-15-22)24-13-18-12-20-17(10-16(3)28-20)11-19(18)27-5-2;/h11-12,16H,4-10,13-15H2,1-3H3,(H,23,24);1H. The summed E-state index contributed by atoms with van der Waals surface area (Å²) in [6.07, 6.45) is 3.53. The van der Waals surface area contributed by atoms with Crippen LogP contribution in [0.1, 0.15) is 44.7 Å². The van der Waals surface area contributed by atoms with E-state index in [9.17, 15) is 0 Å². The van der Waals surface area contributed by atoms with Crippen LogP contribution in [0.5, 0.6) is 11.5 Å². The Morgan fingerprint density at radius 2 is 2.21 bits per heavy atom. The van der Waals surface area contributed by atoms with Crippen LogP contribution in [0.4, 0.5) is 0 Å². The fraction of sp³-hybridized carbons (Fsp3) is 0.682. The number of nitrogens with zero attached hydrogens (tertiary/aromatic N) is 2. The van der Waals surface area contributed by atoms with Crippen molar-refractivity contribution in [3.63, 3.8) is 0 Å². The Balaban J connectivity index is 0.00000240. The van der Waals surface area contributed by atoms with Crippen LogP contribution in [0.25, 0.3) is 0 Å². The molecule has 2 fully saturated rings. The molecule has 0 aliphatic carbocycles. The molecule has 1 aromatic carbocycles. The number of aliphatic imine (C=N–C) groups is 1. The maximum atomic E-state index is 5.95. The second kappa shape index (κ2) is 9.73. The van der Waals surface area contributed by atoms with Crippen molar-refractivity contribution in [1.29, 1.82) is 0 Å². The number of hydrogen-bond acceptors (Lipinski definition) is 4. The van der Waals surface area contributed by atoms with Crippen molar-refractivity contribution < 1.29 is 14.2 Å². The Hall–Kier alpha value is -1.22. The molecule has 0 bridgehead atoms. The van der Waals surface area contributed by atoms with Crippen molar-refractivity contribution in [2.45, 2.75) is 52.7 Å². The van der Waals surface area contributed by atoms with Gasteiger partial charge in [-0.25, -0.2) is 4.99 Å². The molecule has 1 aromatic rings. The molecule has 1 N–H and O–H groups in total. The molecule has 4 rings (SSSR count). The van der Waals surface area contributed by atoms with Crippen LogP contribution in [-0.4, -0.2) is 56.4 Å². The number of halogens is 1. The van der Waals surface area contributed by atoms with Crippen LogP contribution >= 0.6 is 24.0 Å². The number of nitrogens with one attached hydrogen (secondary N) is 1. The number of fused-ring (bicyclic) bond motifs is 1. The third kappa shape index (κ3) is 4.93. The van der Waals surface area contributed by atoms with Gasteiger partial charge in [0.1, 0.15) is 17.6 Å². The lowest BCUT2D eigenvalue weighted by Gasteiger charge is -2.25. The third-order valence-corrected chi connectivity index (χ3v) is 6.04. The zero-order valence-corrected chi connectivity index (χ0v) is 20.2. The summed E-state index contributed by atoms with van der Waals surface area (Å²) >= 11 is 0. The molecule has 0 radical (unpaired) electrons. The molecule has 7 heteroatoms. The lowest BCUT2D eigenvalue weighted by molar-refractivity contribution is 0.156. The minimum absolute atomic E-state index is 0. The molecule has 3 heterocycles. The van der Waals surface area contributed by atoms with E-state index in [1.807, 2.05) is 6.92 Å². The molecular weight excluding hydrogens is 481 g/mol. The monoisotopic (exact) mass is 515 g/mol. The minimum atomic E-state index is 0. The summed E-state index contributed by atoms with van der Waals surface area (Å²) in [6.45, 7) is 12.2. The number of rotatable bonds is 5. The average molecular weight is 515 g/mol. The van der Waals surface area contributed by atoms with Gasteiger partial charge in [-0.2, -0.15) is 0 Å². The predicted molar refractivity (Wildman–Crippen MR) is 126 cm³/mol. The van der Waals surface area contributed by atoms with Crippen molar-refractivity contribution in [3.05, 3.63) is 23.3 Å². The number of likely N-dealkylation sites (tertiary alicyclic amines) is 1. The number of hydrogen-bond donors (Lipinski definition) is 1. The van der Waals surface area contributed by atoms with Gasteiger partial charge in [0, 0.05) is 49.2 Å². The molecular formula is C22H34IN3O3. The fourth-order valence-corrected chi connectivity index (χ4v) is 4.57.